The highest BCUT2D eigenvalue weighted by molar-refractivity contribution is 6.01. The van der Waals surface area contributed by atoms with Crippen LogP contribution in [0.15, 0.2) is 66.7 Å². The molecule has 3 aromatic carbocycles. The van der Waals surface area contributed by atoms with E-state index in [1.165, 1.54) is 0 Å². The molecule has 3 aromatic rings. The van der Waals surface area contributed by atoms with Gasteiger partial charge in [0, 0.05) is 0 Å². The van der Waals surface area contributed by atoms with Crippen molar-refractivity contribution in [3.63, 3.8) is 0 Å². The van der Waals surface area contributed by atoms with Crippen LogP contribution in [0, 0.1) is 13.8 Å². The van der Waals surface area contributed by atoms with Gasteiger partial charge in [0.2, 0.25) is 0 Å². The van der Waals surface area contributed by atoms with E-state index in [-0.39, 0.29) is 5.56 Å². The molecule has 0 fully saturated rings. The first-order chi connectivity index (χ1) is 12.9. The molecule has 4 heteroatoms. The zero-order valence-electron chi connectivity index (χ0n) is 15.1. The Morgan fingerprint density at radius 2 is 1.22 bits per heavy atom. The molecule has 0 saturated carbocycles. The van der Waals surface area contributed by atoms with E-state index in [1.807, 2.05) is 74.5 Å². The molecule has 2 N–H and O–H groups in total. The van der Waals surface area contributed by atoms with Gasteiger partial charge in [-0.2, -0.15) is 0 Å². The van der Waals surface area contributed by atoms with E-state index in [2.05, 4.69) is 0 Å². The maximum absolute atomic E-state index is 11.7. The zero-order chi connectivity index (χ0) is 19.6. The van der Waals surface area contributed by atoms with Crippen LogP contribution in [0.4, 0.5) is 0 Å². The van der Waals surface area contributed by atoms with Crippen molar-refractivity contribution in [1.29, 1.82) is 0 Å². The van der Waals surface area contributed by atoms with Crippen molar-refractivity contribution in [1.82, 2.24) is 0 Å². The van der Waals surface area contributed by atoms with Gasteiger partial charge in [-0.1, -0.05) is 60.7 Å². The fraction of sp³-hybridized carbons (Fsp3) is 0.130. The fourth-order valence-corrected chi connectivity index (χ4v) is 3.36. The molecule has 0 bridgehead atoms. The van der Waals surface area contributed by atoms with Gasteiger partial charge in [-0.3, -0.25) is 9.59 Å². The van der Waals surface area contributed by atoms with Gasteiger partial charge in [-0.25, -0.2) is 0 Å². The molecule has 3 rings (SSSR count). The summed E-state index contributed by atoms with van der Waals surface area (Å²) >= 11 is 0. The maximum Gasteiger partial charge on any atom is 0.322 e. The molecule has 136 valence electrons. The summed E-state index contributed by atoms with van der Waals surface area (Å²) in [6.45, 7) is 3.89. The van der Waals surface area contributed by atoms with E-state index in [1.54, 1.807) is 6.07 Å². The highest BCUT2D eigenvalue weighted by Gasteiger charge is 2.31. The maximum atomic E-state index is 11.7. The van der Waals surface area contributed by atoms with E-state index in [0.29, 0.717) is 5.56 Å². The SMILES string of the molecule is Cc1ccccc1-c1ccc(-c2ccccc2C)c(C(C(=O)O)C(=O)O)c1. The predicted octanol–water partition coefficient (Wildman–Crippen LogP) is 4.89. The normalized spacial score (nSPS) is 10.8. The summed E-state index contributed by atoms with van der Waals surface area (Å²) in [5.74, 6) is -4.39. The molecular formula is C23H20O4. The minimum atomic E-state index is -1.64. The monoisotopic (exact) mass is 360 g/mol. The second-order valence-corrected chi connectivity index (χ2v) is 6.54. The van der Waals surface area contributed by atoms with E-state index in [9.17, 15) is 19.8 Å². The van der Waals surface area contributed by atoms with E-state index < -0.39 is 17.9 Å². The van der Waals surface area contributed by atoms with Crippen LogP contribution in [0.2, 0.25) is 0 Å². The van der Waals surface area contributed by atoms with Crippen molar-refractivity contribution in [2.45, 2.75) is 19.8 Å². The number of carboxylic acid groups (broad SMARTS) is 2. The lowest BCUT2D eigenvalue weighted by atomic mass is 9.86. The van der Waals surface area contributed by atoms with Gasteiger partial charge in [0.05, 0.1) is 0 Å². The minimum absolute atomic E-state index is 0.282. The Kier molecular flexibility index (Phi) is 5.08. The minimum Gasteiger partial charge on any atom is -0.480 e. The van der Waals surface area contributed by atoms with Gasteiger partial charge in [0.15, 0.2) is 5.92 Å². The van der Waals surface area contributed by atoms with Crippen LogP contribution in [0.5, 0.6) is 0 Å². The van der Waals surface area contributed by atoms with Crippen molar-refractivity contribution < 1.29 is 19.8 Å². The first kappa shape index (κ1) is 18.4. The molecule has 27 heavy (non-hydrogen) atoms. The predicted molar refractivity (Wildman–Crippen MR) is 105 cm³/mol. The van der Waals surface area contributed by atoms with Crippen molar-refractivity contribution in [3.05, 3.63) is 83.4 Å². The number of hydrogen-bond acceptors (Lipinski definition) is 2. The third kappa shape index (κ3) is 3.60. The first-order valence-corrected chi connectivity index (χ1v) is 8.61. The molecule has 0 heterocycles. The summed E-state index contributed by atoms with van der Waals surface area (Å²) in [7, 11) is 0. The lowest BCUT2D eigenvalue weighted by Gasteiger charge is -2.18. The van der Waals surface area contributed by atoms with E-state index in [0.717, 1.165) is 27.8 Å². The second kappa shape index (κ2) is 7.46. The molecule has 0 aliphatic carbocycles. The Labute approximate surface area is 157 Å². The van der Waals surface area contributed by atoms with Gasteiger partial charge in [-0.15, -0.1) is 0 Å². The summed E-state index contributed by atoms with van der Waals surface area (Å²) in [5, 5.41) is 19.1. The van der Waals surface area contributed by atoms with Crippen molar-refractivity contribution in [2.75, 3.05) is 0 Å². The summed E-state index contributed by atoms with van der Waals surface area (Å²) in [6.07, 6.45) is 0. The standard InChI is InChI=1S/C23H20O4/c1-14-7-3-5-9-17(14)16-11-12-19(18-10-6-4-8-15(18)2)20(13-16)21(22(24)25)23(26)27/h3-13,21H,1-2H3,(H,24,25)(H,26,27). The second-order valence-electron chi connectivity index (χ2n) is 6.54. The summed E-state index contributed by atoms with van der Waals surface area (Å²) in [5.41, 5.74) is 5.48. The third-order valence-electron chi connectivity index (χ3n) is 4.75. The van der Waals surface area contributed by atoms with Crippen molar-refractivity contribution >= 4 is 11.9 Å². The molecule has 0 amide bonds. The zero-order valence-corrected chi connectivity index (χ0v) is 15.1. The summed E-state index contributed by atoms with van der Waals surface area (Å²) in [4.78, 5) is 23.5. The number of benzene rings is 3. The lowest BCUT2D eigenvalue weighted by Crippen LogP contribution is -2.22. The molecule has 4 nitrogen and oxygen atoms in total. The van der Waals surface area contributed by atoms with Crippen molar-refractivity contribution in [2.24, 2.45) is 0 Å². The molecule has 0 spiro atoms. The number of carboxylic acids is 2. The highest BCUT2D eigenvalue weighted by atomic mass is 16.4. The average molecular weight is 360 g/mol. The fourth-order valence-electron chi connectivity index (χ4n) is 3.36. The Bertz CT molecular complexity index is 1010. The highest BCUT2D eigenvalue weighted by Crippen LogP contribution is 2.36. The third-order valence-corrected chi connectivity index (χ3v) is 4.75. The topological polar surface area (TPSA) is 74.6 Å². The largest absolute Gasteiger partial charge is 0.480 e. The molecule has 0 atom stereocenters. The van der Waals surface area contributed by atoms with Crippen LogP contribution in [0.25, 0.3) is 22.3 Å². The molecule has 0 aromatic heterocycles. The quantitative estimate of drug-likeness (QED) is 0.635. The van der Waals surface area contributed by atoms with Crippen LogP contribution >= 0.6 is 0 Å². The van der Waals surface area contributed by atoms with Gasteiger partial charge >= 0.3 is 11.9 Å². The summed E-state index contributed by atoms with van der Waals surface area (Å²) in [6, 6.07) is 20.7. The van der Waals surface area contributed by atoms with Gasteiger partial charge in [0.1, 0.15) is 0 Å². The van der Waals surface area contributed by atoms with Crippen LogP contribution in [-0.4, -0.2) is 22.2 Å². The Morgan fingerprint density at radius 1 is 0.704 bits per heavy atom. The van der Waals surface area contributed by atoms with Crippen molar-refractivity contribution in [3.8, 4) is 22.3 Å². The Balaban J connectivity index is 2.29. The van der Waals surface area contributed by atoms with Crippen LogP contribution in [0.3, 0.4) is 0 Å². The smallest absolute Gasteiger partial charge is 0.322 e. The Hall–Kier alpha value is -3.40. The first-order valence-electron chi connectivity index (χ1n) is 8.61. The molecule has 0 aliphatic rings. The molecule has 0 aliphatic heterocycles. The molecule has 0 saturated heterocycles. The van der Waals surface area contributed by atoms with Crippen LogP contribution in [-0.2, 0) is 9.59 Å². The number of hydrogen-bond donors (Lipinski definition) is 2. The molecule has 0 unspecified atom stereocenters. The van der Waals surface area contributed by atoms with Gasteiger partial charge in [-0.05, 0) is 58.9 Å². The average Bonchev–Trinajstić information content (AvgIpc) is 2.62. The number of aryl methyl sites for hydroxylation is 2. The number of aliphatic carboxylic acids is 2. The lowest BCUT2D eigenvalue weighted by molar-refractivity contribution is -0.150. The van der Waals surface area contributed by atoms with Gasteiger partial charge < -0.3 is 10.2 Å². The van der Waals surface area contributed by atoms with E-state index >= 15 is 0 Å². The van der Waals surface area contributed by atoms with Gasteiger partial charge in [0.25, 0.3) is 0 Å². The van der Waals surface area contributed by atoms with E-state index in [4.69, 9.17) is 0 Å². The van der Waals surface area contributed by atoms with Crippen LogP contribution < -0.4 is 0 Å². The molecule has 0 radical (unpaired) electrons. The number of rotatable bonds is 5. The Morgan fingerprint density at radius 3 is 1.74 bits per heavy atom. The summed E-state index contributed by atoms with van der Waals surface area (Å²) < 4.78 is 0. The molecular weight excluding hydrogens is 340 g/mol. The van der Waals surface area contributed by atoms with Crippen LogP contribution in [0.1, 0.15) is 22.6 Å². The number of carbonyl (C=O) groups is 2.